The summed E-state index contributed by atoms with van der Waals surface area (Å²) < 4.78 is 25.3. The van der Waals surface area contributed by atoms with Crippen molar-refractivity contribution in [2.75, 3.05) is 13.1 Å². The Morgan fingerprint density at radius 1 is 1.08 bits per heavy atom. The van der Waals surface area contributed by atoms with Crippen molar-refractivity contribution in [3.63, 3.8) is 0 Å². The highest BCUT2D eigenvalue weighted by Crippen LogP contribution is 2.57. The smallest absolute Gasteiger partial charge is 0.249 e. The summed E-state index contributed by atoms with van der Waals surface area (Å²) in [5, 5.41) is 0. The molecule has 0 unspecified atom stereocenters. The monoisotopic (exact) mass is 187 g/mol. The van der Waals surface area contributed by atoms with Crippen LogP contribution < -0.4 is 0 Å². The standard InChI is InChI=1S/C10H15F2N/c11-10(12)4-9(5-10)6-13(7-9)8-2-1-3-8/h8H,1-7H2. The average Bonchev–Trinajstić information content (AvgIpc) is 1.74. The van der Waals surface area contributed by atoms with Gasteiger partial charge in [-0.1, -0.05) is 6.42 Å². The number of hydrogen-bond acceptors (Lipinski definition) is 1. The minimum atomic E-state index is -2.33. The Kier molecular flexibility index (Phi) is 1.41. The second kappa shape index (κ2) is 2.25. The van der Waals surface area contributed by atoms with E-state index in [4.69, 9.17) is 0 Å². The molecule has 0 bridgehead atoms. The van der Waals surface area contributed by atoms with Crippen molar-refractivity contribution in [2.24, 2.45) is 5.41 Å². The van der Waals surface area contributed by atoms with Gasteiger partial charge in [0.1, 0.15) is 0 Å². The van der Waals surface area contributed by atoms with E-state index >= 15 is 0 Å². The van der Waals surface area contributed by atoms with Crippen molar-refractivity contribution in [3.8, 4) is 0 Å². The van der Waals surface area contributed by atoms with E-state index in [2.05, 4.69) is 4.90 Å². The zero-order chi connectivity index (χ0) is 9.10. The number of halogens is 2. The van der Waals surface area contributed by atoms with Gasteiger partial charge in [0.05, 0.1) is 0 Å². The summed E-state index contributed by atoms with van der Waals surface area (Å²) in [4.78, 5) is 2.40. The highest BCUT2D eigenvalue weighted by molar-refractivity contribution is 5.09. The number of likely N-dealkylation sites (tertiary alicyclic amines) is 1. The third kappa shape index (κ3) is 1.13. The van der Waals surface area contributed by atoms with Crippen LogP contribution in [0.5, 0.6) is 0 Å². The molecule has 0 N–H and O–H groups in total. The van der Waals surface area contributed by atoms with Crippen LogP contribution >= 0.6 is 0 Å². The van der Waals surface area contributed by atoms with E-state index in [1.165, 1.54) is 19.3 Å². The SMILES string of the molecule is FC1(F)CC2(CN(C3CCC3)C2)C1. The molecule has 3 fully saturated rings. The predicted molar refractivity (Wildman–Crippen MR) is 45.8 cm³/mol. The van der Waals surface area contributed by atoms with Gasteiger partial charge in [-0.3, -0.25) is 4.90 Å². The van der Waals surface area contributed by atoms with E-state index in [0.717, 1.165) is 19.1 Å². The Hall–Kier alpha value is -0.180. The molecule has 1 aliphatic heterocycles. The molecule has 1 spiro atoms. The van der Waals surface area contributed by atoms with Crippen molar-refractivity contribution in [1.82, 2.24) is 4.90 Å². The number of hydrogen-bond donors (Lipinski definition) is 0. The topological polar surface area (TPSA) is 3.24 Å². The first-order chi connectivity index (χ1) is 6.09. The van der Waals surface area contributed by atoms with Crippen LogP contribution in [-0.2, 0) is 0 Å². The minimum absolute atomic E-state index is 0.0408. The summed E-state index contributed by atoms with van der Waals surface area (Å²) >= 11 is 0. The van der Waals surface area contributed by atoms with Crippen LogP contribution in [0.2, 0.25) is 0 Å². The summed E-state index contributed by atoms with van der Waals surface area (Å²) in [5.41, 5.74) is 0.0408. The maximum Gasteiger partial charge on any atom is 0.249 e. The molecule has 0 radical (unpaired) electrons. The molecule has 13 heavy (non-hydrogen) atoms. The van der Waals surface area contributed by atoms with Gasteiger partial charge in [0.15, 0.2) is 0 Å². The molecule has 3 heteroatoms. The van der Waals surface area contributed by atoms with Gasteiger partial charge < -0.3 is 0 Å². The minimum Gasteiger partial charge on any atom is -0.299 e. The van der Waals surface area contributed by atoms with E-state index in [9.17, 15) is 8.78 Å². The Morgan fingerprint density at radius 3 is 2.08 bits per heavy atom. The van der Waals surface area contributed by atoms with Gasteiger partial charge in [0.25, 0.3) is 0 Å². The summed E-state index contributed by atoms with van der Waals surface area (Å²) in [6.07, 6.45) is 4.25. The van der Waals surface area contributed by atoms with Gasteiger partial charge in [-0.05, 0) is 12.8 Å². The van der Waals surface area contributed by atoms with E-state index in [-0.39, 0.29) is 18.3 Å². The highest BCUT2D eigenvalue weighted by Gasteiger charge is 2.62. The summed E-state index contributed by atoms with van der Waals surface area (Å²) in [7, 11) is 0. The fraction of sp³-hybridized carbons (Fsp3) is 1.00. The molecule has 1 heterocycles. The maximum atomic E-state index is 12.7. The number of nitrogens with zero attached hydrogens (tertiary/aromatic N) is 1. The second-order valence-corrected chi connectivity index (χ2v) is 5.20. The van der Waals surface area contributed by atoms with Gasteiger partial charge >= 0.3 is 0 Å². The number of alkyl halides is 2. The molecule has 2 aliphatic carbocycles. The molecule has 0 aromatic carbocycles. The Labute approximate surface area is 77.1 Å². The number of rotatable bonds is 1. The second-order valence-electron chi connectivity index (χ2n) is 5.20. The van der Waals surface area contributed by atoms with Crippen molar-refractivity contribution in [1.29, 1.82) is 0 Å². The van der Waals surface area contributed by atoms with Gasteiger partial charge in [-0.15, -0.1) is 0 Å². The molecule has 1 nitrogen and oxygen atoms in total. The van der Waals surface area contributed by atoms with Gasteiger partial charge in [0.2, 0.25) is 5.92 Å². The summed E-state index contributed by atoms with van der Waals surface area (Å²) in [5.74, 6) is -2.33. The average molecular weight is 187 g/mol. The molecule has 3 aliphatic rings. The molecule has 1 saturated heterocycles. The van der Waals surface area contributed by atoms with Crippen molar-refractivity contribution < 1.29 is 8.78 Å². The van der Waals surface area contributed by atoms with Crippen LogP contribution in [0.3, 0.4) is 0 Å². The van der Waals surface area contributed by atoms with E-state index in [1.54, 1.807) is 0 Å². The van der Waals surface area contributed by atoms with Gasteiger partial charge in [0, 0.05) is 37.4 Å². The molecule has 0 aromatic rings. The van der Waals surface area contributed by atoms with Gasteiger partial charge in [-0.2, -0.15) is 0 Å². The third-order valence-electron chi connectivity index (χ3n) is 3.94. The summed E-state index contributed by atoms with van der Waals surface area (Å²) in [6, 6.07) is 0.750. The first-order valence-electron chi connectivity index (χ1n) is 5.21. The Balaban J connectivity index is 1.52. The van der Waals surface area contributed by atoms with Crippen LogP contribution in [-0.4, -0.2) is 30.0 Å². The van der Waals surface area contributed by atoms with E-state index in [1.807, 2.05) is 0 Å². The van der Waals surface area contributed by atoms with E-state index < -0.39 is 5.92 Å². The lowest BCUT2D eigenvalue weighted by Gasteiger charge is -2.61. The molecule has 2 saturated carbocycles. The molecule has 0 amide bonds. The molecule has 3 rings (SSSR count). The normalized spacial score (nSPS) is 36.5. The first-order valence-corrected chi connectivity index (χ1v) is 5.21. The van der Waals surface area contributed by atoms with E-state index in [0.29, 0.717) is 0 Å². The lowest BCUT2D eigenvalue weighted by Crippen LogP contribution is -2.68. The fourth-order valence-electron chi connectivity index (χ4n) is 3.09. The molecular weight excluding hydrogens is 172 g/mol. The van der Waals surface area contributed by atoms with Crippen LogP contribution in [0.15, 0.2) is 0 Å². The highest BCUT2D eigenvalue weighted by atomic mass is 19.3. The van der Waals surface area contributed by atoms with Crippen molar-refractivity contribution in [3.05, 3.63) is 0 Å². The third-order valence-corrected chi connectivity index (χ3v) is 3.94. The van der Waals surface area contributed by atoms with Crippen LogP contribution in [0.1, 0.15) is 32.1 Å². The quantitative estimate of drug-likeness (QED) is 0.608. The largest absolute Gasteiger partial charge is 0.299 e. The fourth-order valence-corrected chi connectivity index (χ4v) is 3.09. The molecule has 0 aromatic heterocycles. The zero-order valence-corrected chi connectivity index (χ0v) is 7.73. The van der Waals surface area contributed by atoms with Crippen molar-refractivity contribution >= 4 is 0 Å². The predicted octanol–water partition coefficient (Wildman–Crippen LogP) is 2.27. The maximum absolute atomic E-state index is 12.7. The lowest BCUT2D eigenvalue weighted by molar-refractivity contribution is -0.224. The van der Waals surface area contributed by atoms with Crippen molar-refractivity contribution in [2.45, 2.75) is 44.1 Å². The Morgan fingerprint density at radius 2 is 1.69 bits per heavy atom. The summed E-state index contributed by atoms with van der Waals surface area (Å²) in [6.45, 7) is 1.90. The van der Waals surface area contributed by atoms with Crippen LogP contribution in [0, 0.1) is 5.41 Å². The zero-order valence-electron chi connectivity index (χ0n) is 7.73. The van der Waals surface area contributed by atoms with Gasteiger partial charge in [-0.25, -0.2) is 8.78 Å². The molecule has 0 atom stereocenters. The lowest BCUT2D eigenvalue weighted by atomic mass is 9.60. The molecule has 74 valence electrons. The molecular formula is C10H15F2N. The first kappa shape index (κ1) is 8.16. The van der Waals surface area contributed by atoms with Crippen LogP contribution in [0.25, 0.3) is 0 Å². The Bertz CT molecular complexity index is 219. The van der Waals surface area contributed by atoms with Crippen LogP contribution in [0.4, 0.5) is 8.78 Å².